The Morgan fingerprint density at radius 1 is 1.12 bits per heavy atom. The van der Waals surface area contributed by atoms with Crippen LogP contribution in [0.2, 0.25) is 0 Å². The Labute approximate surface area is 190 Å². The van der Waals surface area contributed by atoms with Gasteiger partial charge in [0.1, 0.15) is 5.60 Å². The number of ether oxygens (including phenoxy) is 1. The Balaban J connectivity index is 1.60. The second-order valence-electron chi connectivity index (χ2n) is 9.68. The Morgan fingerprint density at radius 2 is 1.88 bits per heavy atom. The quantitative estimate of drug-likeness (QED) is 0.532. The van der Waals surface area contributed by atoms with Crippen molar-refractivity contribution in [3.63, 3.8) is 0 Å². The molecule has 0 radical (unpaired) electrons. The van der Waals surface area contributed by atoms with E-state index in [1.807, 2.05) is 0 Å². The fourth-order valence-corrected chi connectivity index (χ4v) is 7.84. The van der Waals surface area contributed by atoms with Crippen molar-refractivity contribution < 1.29 is 43.8 Å². The number of rotatable bonds is 6. The minimum Gasteiger partial charge on any atom is -0.477 e. The summed E-state index contributed by atoms with van der Waals surface area (Å²) in [5, 5.41) is 0. The highest BCUT2D eigenvalue weighted by molar-refractivity contribution is 7.81. The van der Waals surface area contributed by atoms with E-state index >= 15 is 0 Å². The molecule has 2 aliphatic heterocycles. The second kappa shape index (κ2) is 6.67. The van der Waals surface area contributed by atoms with E-state index in [1.165, 1.54) is 6.07 Å². The van der Waals surface area contributed by atoms with Crippen molar-refractivity contribution in [1.29, 1.82) is 0 Å². The molecule has 2 saturated carbocycles. The zero-order chi connectivity index (χ0) is 23.4. The highest BCUT2D eigenvalue weighted by Gasteiger charge is 2.75. The molecular weight excluding hydrogens is 478 g/mol. The molecule has 13 heteroatoms. The first kappa shape index (κ1) is 21.7. The predicted octanol–water partition coefficient (Wildman–Crippen LogP) is 0.829. The topological polar surface area (TPSA) is 157 Å². The summed E-state index contributed by atoms with van der Waals surface area (Å²) in [5.74, 6) is -0.0405. The van der Waals surface area contributed by atoms with Gasteiger partial charge in [0, 0.05) is 24.6 Å². The Kier molecular flexibility index (Phi) is 4.39. The molecule has 3 fully saturated rings. The Hall–Kier alpha value is -1.77. The van der Waals surface area contributed by atoms with E-state index in [0.717, 1.165) is 24.9 Å². The number of likely N-dealkylation sites (tertiary alicyclic amines) is 1. The van der Waals surface area contributed by atoms with Gasteiger partial charge < -0.3 is 8.92 Å². The monoisotopic (exact) mass is 501 g/mol. The lowest BCUT2D eigenvalue weighted by molar-refractivity contribution is -0.178. The summed E-state index contributed by atoms with van der Waals surface area (Å²) in [7, 11) is -9.78. The molecule has 0 aromatic heterocycles. The first-order chi connectivity index (χ1) is 15.4. The van der Waals surface area contributed by atoms with Gasteiger partial charge in [-0.25, -0.2) is 4.18 Å². The van der Waals surface area contributed by atoms with Crippen molar-refractivity contribution in [3.8, 4) is 11.5 Å². The molecule has 180 valence electrons. The van der Waals surface area contributed by atoms with Gasteiger partial charge in [-0.15, -0.1) is 0 Å². The van der Waals surface area contributed by atoms with E-state index in [1.54, 1.807) is 6.07 Å². The largest absolute Gasteiger partial charge is 0.477 e. The lowest BCUT2D eigenvalue weighted by atomic mass is 9.49. The molecule has 0 amide bonds. The molecule has 2 heterocycles. The smallest absolute Gasteiger partial charge is 0.446 e. The molecule has 5 aliphatic rings. The van der Waals surface area contributed by atoms with Gasteiger partial charge in [-0.05, 0) is 56.2 Å². The molecule has 1 aromatic carbocycles. The molecule has 3 aliphatic carbocycles. The van der Waals surface area contributed by atoms with Crippen molar-refractivity contribution >= 4 is 26.6 Å². The van der Waals surface area contributed by atoms with E-state index < -0.39 is 44.0 Å². The fraction of sp³-hybridized carbons (Fsp3) is 0.650. The summed E-state index contributed by atoms with van der Waals surface area (Å²) in [4.78, 5) is 15.3. The van der Waals surface area contributed by atoms with Crippen molar-refractivity contribution in [2.75, 3.05) is 13.1 Å². The maximum Gasteiger partial charge on any atom is 0.446 e. The molecule has 11 nitrogen and oxygen atoms in total. The van der Waals surface area contributed by atoms with Crippen LogP contribution in [0, 0.1) is 5.92 Å². The zero-order valence-electron chi connectivity index (χ0n) is 17.5. The van der Waals surface area contributed by atoms with Gasteiger partial charge in [0.15, 0.2) is 23.4 Å². The Bertz CT molecular complexity index is 1270. The maximum atomic E-state index is 13.1. The molecule has 0 unspecified atom stereocenters. The average Bonchev–Trinajstić information content (AvgIpc) is 3.42. The number of piperidine rings is 1. The van der Waals surface area contributed by atoms with E-state index in [4.69, 9.17) is 13.1 Å². The van der Waals surface area contributed by atoms with Crippen LogP contribution in [0.5, 0.6) is 11.5 Å². The standard InChI is InChI=1S/C20H23NO10S2/c22-13-5-6-20(31-33(26,27)28)15-9-12-3-4-14(30-32(23,24)25)17-16(12)19(20,18(13)29-17)7-8-21(15)10-11-1-2-11/h3-4,11,15,18H,1-2,5-10H2,(H,23,24,25)(H,26,27,28)/t15-,18+,19+,20-/m1/s1. The van der Waals surface area contributed by atoms with Crippen LogP contribution in [0.25, 0.3) is 0 Å². The third-order valence-electron chi connectivity index (χ3n) is 7.95. The first-order valence-electron chi connectivity index (χ1n) is 10.9. The molecule has 4 atom stereocenters. The first-order valence-corrected chi connectivity index (χ1v) is 13.6. The highest BCUT2D eigenvalue weighted by Crippen LogP contribution is 2.66. The summed E-state index contributed by atoms with van der Waals surface area (Å²) >= 11 is 0. The summed E-state index contributed by atoms with van der Waals surface area (Å²) in [6, 6.07) is 2.58. The minimum atomic E-state index is -4.91. The molecule has 2 bridgehead atoms. The summed E-state index contributed by atoms with van der Waals surface area (Å²) < 4.78 is 82.5. The average molecular weight is 502 g/mol. The van der Waals surface area contributed by atoms with Crippen LogP contribution in [0.15, 0.2) is 12.1 Å². The van der Waals surface area contributed by atoms with Gasteiger partial charge in [0.25, 0.3) is 0 Å². The number of Topliss-reactive ketones (excluding diaryl/α,β-unsaturated/α-hetero) is 1. The third kappa shape index (κ3) is 3.09. The van der Waals surface area contributed by atoms with Crippen LogP contribution >= 0.6 is 0 Å². The van der Waals surface area contributed by atoms with Crippen LogP contribution in [0.4, 0.5) is 0 Å². The number of nitrogens with zero attached hydrogens (tertiary/aromatic N) is 1. The van der Waals surface area contributed by atoms with Crippen molar-refractivity contribution in [1.82, 2.24) is 4.90 Å². The van der Waals surface area contributed by atoms with Gasteiger partial charge in [-0.3, -0.25) is 18.8 Å². The fourth-order valence-electron chi connectivity index (χ4n) is 6.76. The van der Waals surface area contributed by atoms with Crippen LogP contribution in [-0.4, -0.2) is 67.5 Å². The SMILES string of the molecule is O=C1CC[C@@]2(OS(=O)(=O)O)[C@H]3Cc4ccc(OS(=O)(=O)O)c5c4[C@@]2(CCN3CC2CC2)[C@H]1O5. The highest BCUT2D eigenvalue weighted by atomic mass is 32.3. The molecule has 1 saturated heterocycles. The normalized spacial score (nSPS) is 35.2. The van der Waals surface area contributed by atoms with Crippen molar-refractivity contribution in [3.05, 3.63) is 23.3 Å². The third-order valence-corrected chi connectivity index (χ3v) is 8.85. The van der Waals surface area contributed by atoms with E-state index in [-0.39, 0.29) is 30.1 Å². The zero-order valence-corrected chi connectivity index (χ0v) is 19.1. The van der Waals surface area contributed by atoms with Gasteiger partial charge in [-0.2, -0.15) is 16.8 Å². The molecule has 1 aromatic rings. The molecule has 33 heavy (non-hydrogen) atoms. The van der Waals surface area contributed by atoms with Crippen LogP contribution in [-0.2, 0) is 41.6 Å². The summed E-state index contributed by atoms with van der Waals surface area (Å²) in [6.45, 7) is 1.33. The van der Waals surface area contributed by atoms with Crippen molar-refractivity contribution in [2.24, 2.45) is 5.92 Å². The minimum absolute atomic E-state index is 0.0113. The van der Waals surface area contributed by atoms with Crippen LogP contribution < -0.4 is 8.92 Å². The number of carbonyl (C=O) groups excluding carboxylic acids is 1. The number of hydrogen-bond donors (Lipinski definition) is 2. The van der Waals surface area contributed by atoms with Gasteiger partial charge >= 0.3 is 20.8 Å². The van der Waals surface area contributed by atoms with E-state index in [0.29, 0.717) is 30.9 Å². The van der Waals surface area contributed by atoms with Crippen molar-refractivity contribution in [2.45, 2.75) is 61.7 Å². The summed E-state index contributed by atoms with van der Waals surface area (Å²) in [6.07, 6.45) is 1.80. The predicted molar refractivity (Wildman–Crippen MR) is 111 cm³/mol. The molecule has 6 rings (SSSR count). The van der Waals surface area contributed by atoms with Gasteiger partial charge in [0.2, 0.25) is 0 Å². The lowest BCUT2D eigenvalue weighted by Crippen LogP contribution is -2.77. The second-order valence-corrected chi connectivity index (χ2v) is 11.7. The maximum absolute atomic E-state index is 13.1. The number of benzene rings is 1. The van der Waals surface area contributed by atoms with E-state index in [9.17, 15) is 30.7 Å². The number of ketones is 1. The van der Waals surface area contributed by atoms with Crippen LogP contribution in [0.3, 0.4) is 0 Å². The molecule has 2 N–H and O–H groups in total. The number of carbonyl (C=O) groups is 1. The number of hydrogen-bond acceptors (Lipinski definition) is 9. The van der Waals surface area contributed by atoms with Gasteiger partial charge in [-0.1, -0.05) is 6.07 Å². The molecular formula is C20H23NO10S2. The van der Waals surface area contributed by atoms with Crippen LogP contribution in [0.1, 0.15) is 43.2 Å². The van der Waals surface area contributed by atoms with Gasteiger partial charge in [0.05, 0.1) is 5.41 Å². The summed E-state index contributed by atoms with van der Waals surface area (Å²) in [5.41, 5.74) is -1.48. The molecule has 1 spiro atoms. The Morgan fingerprint density at radius 3 is 2.55 bits per heavy atom. The lowest BCUT2D eigenvalue weighted by Gasteiger charge is -2.63. The van der Waals surface area contributed by atoms with E-state index in [2.05, 4.69) is 4.90 Å².